The predicted molar refractivity (Wildman–Crippen MR) is 90.4 cm³/mol. The summed E-state index contributed by atoms with van der Waals surface area (Å²) in [4.78, 5) is 52.7. The Morgan fingerprint density at radius 2 is 1.77 bits per heavy atom. The van der Waals surface area contributed by atoms with Crippen molar-refractivity contribution in [1.29, 1.82) is 0 Å². The molecule has 1 saturated carbocycles. The van der Waals surface area contributed by atoms with E-state index in [4.69, 9.17) is 4.74 Å². The van der Waals surface area contributed by atoms with Crippen LogP contribution in [-0.2, 0) is 23.9 Å². The number of rotatable bonds is 4. The van der Waals surface area contributed by atoms with Crippen LogP contribution in [0.3, 0.4) is 0 Å². The van der Waals surface area contributed by atoms with Crippen LogP contribution in [0.2, 0.25) is 0 Å². The number of methoxy groups -OCH3 is 1. The van der Waals surface area contributed by atoms with E-state index in [0.29, 0.717) is 6.54 Å². The number of carbonyl (C=O) groups excluding carboxylic acids is 4. The second kappa shape index (κ2) is 6.52. The molecule has 0 spiro atoms. The van der Waals surface area contributed by atoms with Gasteiger partial charge in [-0.25, -0.2) is 0 Å². The van der Waals surface area contributed by atoms with Crippen LogP contribution in [0, 0.1) is 23.7 Å². The number of esters is 1. The fourth-order valence-corrected chi connectivity index (χ4v) is 5.16. The fraction of sp³-hybridized carbons (Fsp3) is 0.684. The highest BCUT2D eigenvalue weighted by Gasteiger charge is 2.59. The molecule has 0 radical (unpaired) electrons. The highest BCUT2D eigenvalue weighted by molar-refractivity contribution is 6.08. The number of piperidine rings is 1. The third-order valence-corrected chi connectivity index (χ3v) is 6.43. The second-order valence-electron chi connectivity index (χ2n) is 7.78. The molecule has 140 valence electrons. The van der Waals surface area contributed by atoms with Gasteiger partial charge in [0.05, 0.1) is 25.4 Å². The first-order valence-electron chi connectivity index (χ1n) is 9.41. The lowest BCUT2D eigenvalue weighted by atomic mass is 9.85. The molecule has 3 amide bonds. The van der Waals surface area contributed by atoms with Gasteiger partial charge in [0.15, 0.2) is 0 Å². The van der Waals surface area contributed by atoms with Crippen molar-refractivity contribution >= 4 is 23.7 Å². The predicted octanol–water partition coefficient (Wildman–Crippen LogP) is 0.738. The number of ether oxygens (including phenoxy) is 1. The van der Waals surface area contributed by atoms with Gasteiger partial charge in [0, 0.05) is 12.6 Å². The number of amides is 3. The van der Waals surface area contributed by atoms with E-state index in [-0.39, 0.29) is 66.4 Å². The molecule has 2 bridgehead atoms. The van der Waals surface area contributed by atoms with E-state index in [9.17, 15) is 19.2 Å². The van der Waals surface area contributed by atoms with Crippen molar-refractivity contribution in [2.75, 3.05) is 20.2 Å². The smallest absolute Gasteiger partial charge is 0.307 e. The summed E-state index contributed by atoms with van der Waals surface area (Å²) < 4.78 is 4.73. The van der Waals surface area contributed by atoms with Crippen molar-refractivity contribution in [3.63, 3.8) is 0 Å². The molecule has 4 aliphatic rings. The Labute approximate surface area is 152 Å². The number of carbonyl (C=O) groups is 4. The van der Waals surface area contributed by atoms with E-state index in [2.05, 4.69) is 0 Å². The molecule has 2 saturated heterocycles. The minimum atomic E-state index is -0.347. The van der Waals surface area contributed by atoms with E-state index in [1.807, 2.05) is 12.2 Å². The van der Waals surface area contributed by atoms with E-state index in [1.54, 1.807) is 4.90 Å². The number of nitrogens with zero attached hydrogens (tertiary/aromatic N) is 2. The summed E-state index contributed by atoms with van der Waals surface area (Å²) >= 11 is 0. The largest absolute Gasteiger partial charge is 0.469 e. The fourth-order valence-electron chi connectivity index (χ4n) is 5.16. The first kappa shape index (κ1) is 17.2. The summed E-state index contributed by atoms with van der Waals surface area (Å²) in [7, 11) is 1.33. The molecule has 2 aliphatic carbocycles. The van der Waals surface area contributed by atoms with Gasteiger partial charge in [-0.15, -0.1) is 0 Å². The zero-order valence-electron chi connectivity index (χ0n) is 14.9. The van der Waals surface area contributed by atoms with Crippen LogP contribution < -0.4 is 0 Å². The first-order valence-corrected chi connectivity index (χ1v) is 9.41. The molecule has 0 N–H and O–H groups in total. The summed E-state index contributed by atoms with van der Waals surface area (Å²) in [5, 5.41) is 0. The quantitative estimate of drug-likeness (QED) is 0.419. The third-order valence-electron chi connectivity index (χ3n) is 6.43. The summed E-state index contributed by atoms with van der Waals surface area (Å²) in [5.74, 6) is -1.28. The van der Waals surface area contributed by atoms with Crippen molar-refractivity contribution in [1.82, 2.24) is 9.80 Å². The molecule has 5 atom stereocenters. The molecule has 0 aromatic heterocycles. The van der Waals surface area contributed by atoms with Crippen molar-refractivity contribution in [3.8, 4) is 0 Å². The van der Waals surface area contributed by atoms with Gasteiger partial charge in [0.1, 0.15) is 6.54 Å². The molecular weight excluding hydrogens is 336 g/mol. The maximum Gasteiger partial charge on any atom is 0.307 e. The molecule has 4 rings (SSSR count). The molecule has 7 heteroatoms. The van der Waals surface area contributed by atoms with Gasteiger partial charge >= 0.3 is 5.97 Å². The third kappa shape index (κ3) is 2.64. The monoisotopic (exact) mass is 360 g/mol. The Bertz CT molecular complexity index is 657. The molecule has 7 nitrogen and oxygen atoms in total. The lowest BCUT2D eigenvalue weighted by Gasteiger charge is -2.36. The average molecular weight is 360 g/mol. The van der Waals surface area contributed by atoms with Crippen LogP contribution in [0.1, 0.15) is 32.1 Å². The Morgan fingerprint density at radius 1 is 1.12 bits per heavy atom. The zero-order valence-corrected chi connectivity index (χ0v) is 14.9. The zero-order chi connectivity index (χ0) is 18.4. The van der Waals surface area contributed by atoms with Gasteiger partial charge in [-0.3, -0.25) is 24.1 Å². The van der Waals surface area contributed by atoms with Crippen LogP contribution in [0.15, 0.2) is 12.2 Å². The second-order valence-corrected chi connectivity index (χ2v) is 7.78. The van der Waals surface area contributed by atoms with Gasteiger partial charge in [-0.2, -0.15) is 0 Å². The van der Waals surface area contributed by atoms with Crippen molar-refractivity contribution in [3.05, 3.63) is 12.2 Å². The molecule has 26 heavy (non-hydrogen) atoms. The number of allylic oxidation sites excluding steroid dienone is 2. The normalized spacial score (nSPS) is 35.2. The lowest BCUT2D eigenvalue weighted by molar-refractivity contribution is -0.150. The SMILES string of the molecule is COC(=O)C[C@H]1CCCCN1C(=O)CN1C(=O)[C@@H]2[C@H](C1=O)[C@H]1C=C[C@H]2C1. The van der Waals surface area contributed by atoms with Crippen molar-refractivity contribution in [2.45, 2.75) is 38.1 Å². The van der Waals surface area contributed by atoms with Gasteiger partial charge in [-0.1, -0.05) is 12.2 Å². The molecular formula is C19H24N2O5. The van der Waals surface area contributed by atoms with Crippen LogP contribution in [0.5, 0.6) is 0 Å². The van der Waals surface area contributed by atoms with Crippen LogP contribution in [0.4, 0.5) is 0 Å². The number of hydrogen-bond donors (Lipinski definition) is 0. The minimum Gasteiger partial charge on any atom is -0.469 e. The maximum absolute atomic E-state index is 12.8. The van der Waals surface area contributed by atoms with Gasteiger partial charge in [-0.05, 0) is 37.5 Å². The Kier molecular flexibility index (Phi) is 4.32. The molecule has 0 aromatic carbocycles. The van der Waals surface area contributed by atoms with E-state index >= 15 is 0 Å². The molecule has 3 fully saturated rings. The lowest BCUT2D eigenvalue weighted by Crippen LogP contribution is -2.50. The molecule has 2 heterocycles. The van der Waals surface area contributed by atoms with Crippen LogP contribution in [0.25, 0.3) is 0 Å². The van der Waals surface area contributed by atoms with Crippen LogP contribution in [-0.4, -0.2) is 59.7 Å². The molecule has 0 aromatic rings. The van der Waals surface area contributed by atoms with E-state index in [0.717, 1.165) is 30.6 Å². The summed E-state index contributed by atoms with van der Waals surface area (Å²) in [6, 6.07) is -0.214. The Morgan fingerprint density at radius 3 is 2.38 bits per heavy atom. The maximum atomic E-state index is 12.8. The van der Waals surface area contributed by atoms with Gasteiger partial charge in [0.25, 0.3) is 0 Å². The number of fused-ring (bicyclic) bond motifs is 5. The topological polar surface area (TPSA) is 84.0 Å². The average Bonchev–Trinajstić information content (AvgIpc) is 3.32. The molecule has 0 unspecified atom stereocenters. The number of imide groups is 1. The Balaban J connectivity index is 1.45. The van der Waals surface area contributed by atoms with E-state index in [1.165, 1.54) is 7.11 Å². The summed E-state index contributed by atoms with van der Waals surface area (Å²) in [6.07, 6.45) is 7.67. The minimum absolute atomic E-state index is 0.142. The highest BCUT2D eigenvalue weighted by Crippen LogP contribution is 2.52. The number of likely N-dealkylation sites (tertiary alicyclic amines) is 2. The summed E-state index contributed by atoms with van der Waals surface area (Å²) in [6.45, 7) is 0.345. The van der Waals surface area contributed by atoms with Gasteiger partial charge in [0.2, 0.25) is 17.7 Å². The van der Waals surface area contributed by atoms with Crippen LogP contribution >= 0.6 is 0 Å². The standard InChI is InChI=1S/C19H24N2O5/c1-26-15(23)9-13-4-2-3-7-20(13)14(22)10-21-18(24)16-11-5-6-12(8-11)17(16)19(21)25/h5-6,11-13,16-17H,2-4,7-10H2,1H3/t11-,12-,13+,16-,17+/m0/s1. The van der Waals surface area contributed by atoms with Crippen molar-refractivity contribution < 1.29 is 23.9 Å². The first-order chi connectivity index (χ1) is 12.5. The van der Waals surface area contributed by atoms with Gasteiger partial charge < -0.3 is 9.64 Å². The summed E-state index contributed by atoms with van der Waals surface area (Å²) in [5.41, 5.74) is 0. The highest BCUT2D eigenvalue weighted by atomic mass is 16.5. The van der Waals surface area contributed by atoms with Crippen molar-refractivity contribution in [2.24, 2.45) is 23.7 Å². The van der Waals surface area contributed by atoms with E-state index < -0.39 is 0 Å². The number of hydrogen-bond acceptors (Lipinski definition) is 5. The molecule has 2 aliphatic heterocycles. The Hall–Kier alpha value is -2.18.